The molecular weight excluding hydrogens is 514 g/mol. The molecule has 3 aromatic carbocycles. The first-order valence-electron chi connectivity index (χ1n) is 14.5. The molecule has 7 heteroatoms. The quantitative estimate of drug-likeness (QED) is 0.467. The van der Waals surface area contributed by atoms with Gasteiger partial charge in [0, 0.05) is 17.7 Å². The summed E-state index contributed by atoms with van der Waals surface area (Å²) in [6.07, 6.45) is 0.973. The Hall–Kier alpha value is -4.00. The molecule has 0 bridgehead atoms. The average molecular weight is 554 g/mol. The minimum atomic E-state index is -0.765. The zero-order chi connectivity index (χ0) is 29.5. The number of hydrogen-bond acceptors (Lipinski definition) is 4. The number of nitrogens with one attached hydrogen (secondary N) is 1. The number of hydrogen-bond donors (Lipinski definition) is 1. The lowest BCUT2D eigenvalue weighted by Crippen LogP contribution is -2.53. The number of ketones is 1. The van der Waals surface area contributed by atoms with E-state index in [9.17, 15) is 19.2 Å². The molecule has 2 saturated heterocycles. The smallest absolute Gasteiger partial charge is 0.255 e. The van der Waals surface area contributed by atoms with Crippen LogP contribution in [0.2, 0.25) is 0 Å². The summed E-state index contributed by atoms with van der Waals surface area (Å²) in [7, 11) is 0. The highest BCUT2D eigenvalue weighted by molar-refractivity contribution is 6.10. The van der Waals surface area contributed by atoms with Gasteiger partial charge in [-0.2, -0.15) is 0 Å². The van der Waals surface area contributed by atoms with Gasteiger partial charge in [0.25, 0.3) is 11.8 Å². The van der Waals surface area contributed by atoms with Crippen molar-refractivity contribution in [1.29, 1.82) is 0 Å². The normalized spacial score (nSPS) is 19.5. The third kappa shape index (κ3) is 5.63. The van der Waals surface area contributed by atoms with Gasteiger partial charge >= 0.3 is 0 Å². The number of carbonyl (C=O) groups is 4. The summed E-state index contributed by atoms with van der Waals surface area (Å²) in [4.78, 5) is 57.4. The molecule has 1 N–H and O–H groups in total. The van der Waals surface area contributed by atoms with E-state index in [1.54, 1.807) is 28.0 Å². The fraction of sp³-hybridized carbons (Fsp3) is 0.412. The molecule has 0 spiro atoms. The highest BCUT2D eigenvalue weighted by Crippen LogP contribution is 2.33. The van der Waals surface area contributed by atoms with E-state index in [0.29, 0.717) is 30.5 Å². The Morgan fingerprint density at radius 1 is 0.927 bits per heavy atom. The first kappa shape index (κ1) is 28.5. The Morgan fingerprint density at radius 2 is 1.61 bits per heavy atom. The van der Waals surface area contributed by atoms with Crippen molar-refractivity contribution in [1.82, 2.24) is 15.1 Å². The van der Waals surface area contributed by atoms with E-state index in [1.165, 1.54) is 0 Å². The predicted molar refractivity (Wildman–Crippen MR) is 160 cm³/mol. The van der Waals surface area contributed by atoms with E-state index in [2.05, 4.69) is 26.1 Å². The van der Waals surface area contributed by atoms with Crippen molar-refractivity contribution in [3.63, 3.8) is 0 Å². The minimum absolute atomic E-state index is 0.0253. The molecule has 2 aliphatic heterocycles. The van der Waals surface area contributed by atoms with Crippen LogP contribution in [0.15, 0.2) is 66.7 Å². The van der Waals surface area contributed by atoms with Crippen LogP contribution in [0, 0.1) is 5.92 Å². The molecule has 0 saturated carbocycles. The topological polar surface area (TPSA) is 86.8 Å². The first-order valence-corrected chi connectivity index (χ1v) is 14.5. The second-order valence-corrected chi connectivity index (χ2v) is 12.7. The van der Waals surface area contributed by atoms with Gasteiger partial charge in [-0.25, -0.2) is 0 Å². The Balaban J connectivity index is 1.34. The Morgan fingerprint density at radius 3 is 2.29 bits per heavy atom. The Labute approximate surface area is 241 Å². The van der Waals surface area contributed by atoms with Gasteiger partial charge in [0.15, 0.2) is 5.78 Å². The first-order chi connectivity index (χ1) is 19.5. The maximum absolute atomic E-state index is 13.9. The van der Waals surface area contributed by atoms with Gasteiger partial charge in [-0.3, -0.25) is 19.2 Å². The molecule has 2 aliphatic rings. The van der Waals surface area contributed by atoms with Crippen LogP contribution in [0.5, 0.6) is 0 Å². The van der Waals surface area contributed by atoms with Gasteiger partial charge in [-0.1, -0.05) is 83.1 Å². The summed E-state index contributed by atoms with van der Waals surface area (Å²) in [5.41, 5.74) is 2.13. The second kappa shape index (κ2) is 11.1. The fourth-order valence-corrected chi connectivity index (χ4v) is 6.16. The summed E-state index contributed by atoms with van der Waals surface area (Å²) in [5.74, 6) is -0.761. The van der Waals surface area contributed by atoms with Crippen LogP contribution >= 0.6 is 0 Å². The van der Waals surface area contributed by atoms with Crippen molar-refractivity contribution in [2.45, 2.75) is 71.0 Å². The fourth-order valence-electron chi connectivity index (χ4n) is 6.16. The van der Waals surface area contributed by atoms with Gasteiger partial charge < -0.3 is 15.1 Å². The van der Waals surface area contributed by atoms with Crippen LogP contribution in [-0.2, 0) is 15.0 Å². The highest BCUT2D eigenvalue weighted by atomic mass is 16.2. The molecule has 41 heavy (non-hydrogen) atoms. The molecule has 214 valence electrons. The standard InChI is InChI=1S/C34H39N3O4/c1-21(2)19-27(35-31(39)23-13-15-24(16-14-23)34(3,4)5)33(41)36-18-17-28-30(36)29(38)20-37(28)32(40)26-12-8-10-22-9-6-7-11-25(22)26/h6-16,21,27-28,30H,17-20H2,1-5H3,(H,35,39)/t27-,28?,30-/m0/s1. The number of rotatable bonds is 6. The molecule has 0 radical (unpaired) electrons. The maximum Gasteiger partial charge on any atom is 0.255 e. The third-order valence-corrected chi connectivity index (χ3v) is 8.31. The Kier molecular flexibility index (Phi) is 7.73. The zero-order valence-electron chi connectivity index (χ0n) is 24.5. The van der Waals surface area contributed by atoms with E-state index < -0.39 is 12.1 Å². The largest absolute Gasteiger partial charge is 0.340 e. The average Bonchev–Trinajstić information content (AvgIpc) is 3.52. The molecular formula is C34H39N3O4. The lowest BCUT2D eigenvalue weighted by molar-refractivity contribution is -0.138. The van der Waals surface area contributed by atoms with E-state index >= 15 is 0 Å². The second-order valence-electron chi connectivity index (χ2n) is 12.7. The van der Waals surface area contributed by atoms with Crippen molar-refractivity contribution < 1.29 is 19.2 Å². The van der Waals surface area contributed by atoms with Gasteiger partial charge in [-0.05, 0) is 58.7 Å². The molecule has 0 aromatic heterocycles. The molecule has 1 unspecified atom stereocenters. The molecule has 5 rings (SSSR count). The summed E-state index contributed by atoms with van der Waals surface area (Å²) >= 11 is 0. The van der Waals surface area contributed by atoms with Gasteiger partial charge in [0.1, 0.15) is 12.1 Å². The lowest BCUT2D eigenvalue weighted by Gasteiger charge is -2.29. The van der Waals surface area contributed by atoms with Crippen LogP contribution in [0.3, 0.4) is 0 Å². The van der Waals surface area contributed by atoms with Crippen LogP contribution in [0.1, 0.15) is 73.7 Å². The number of fused-ring (bicyclic) bond motifs is 2. The predicted octanol–water partition coefficient (Wildman–Crippen LogP) is 4.98. The van der Waals surface area contributed by atoms with Crippen molar-refractivity contribution in [3.8, 4) is 0 Å². The van der Waals surface area contributed by atoms with E-state index in [0.717, 1.165) is 16.3 Å². The van der Waals surface area contributed by atoms with Gasteiger partial charge in [0.2, 0.25) is 5.91 Å². The van der Waals surface area contributed by atoms with Crippen molar-refractivity contribution in [2.24, 2.45) is 5.92 Å². The Bertz CT molecular complexity index is 1480. The van der Waals surface area contributed by atoms with E-state index in [-0.39, 0.29) is 47.4 Å². The number of likely N-dealkylation sites (tertiary alicyclic amines) is 2. The molecule has 2 fully saturated rings. The van der Waals surface area contributed by atoms with Crippen LogP contribution in [-0.4, -0.2) is 64.5 Å². The number of Topliss-reactive ketones (excluding diaryl/α,β-unsaturated/α-hetero) is 1. The molecule has 2 heterocycles. The SMILES string of the molecule is CC(C)C[C@H](NC(=O)c1ccc(C(C)(C)C)cc1)C(=O)N1CCC2[C@H]1C(=O)CN2C(=O)c1cccc2ccccc12. The molecule has 3 amide bonds. The van der Waals surface area contributed by atoms with Crippen LogP contribution in [0.4, 0.5) is 0 Å². The highest BCUT2D eigenvalue weighted by Gasteiger charge is 2.52. The number of amides is 3. The van der Waals surface area contributed by atoms with Gasteiger partial charge in [0.05, 0.1) is 12.6 Å². The lowest BCUT2D eigenvalue weighted by atomic mass is 9.86. The van der Waals surface area contributed by atoms with Crippen molar-refractivity contribution in [3.05, 3.63) is 83.4 Å². The van der Waals surface area contributed by atoms with Crippen LogP contribution < -0.4 is 5.32 Å². The van der Waals surface area contributed by atoms with Crippen molar-refractivity contribution in [2.75, 3.05) is 13.1 Å². The number of benzene rings is 3. The molecule has 7 nitrogen and oxygen atoms in total. The summed E-state index contributed by atoms with van der Waals surface area (Å²) in [6, 6.07) is 18.9. The van der Waals surface area contributed by atoms with Gasteiger partial charge in [-0.15, -0.1) is 0 Å². The maximum atomic E-state index is 13.9. The van der Waals surface area contributed by atoms with E-state index in [4.69, 9.17) is 0 Å². The molecule has 3 aromatic rings. The minimum Gasteiger partial charge on any atom is -0.340 e. The van der Waals surface area contributed by atoms with Crippen LogP contribution in [0.25, 0.3) is 10.8 Å². The third-order valence-electron chi connectivity index (χ3n) is 8.31. The summed E-state index contributed by atoms with van der Waals surface area (Å²) < 4.78 is 0. The zero-order valence-corrected chi connectivity index (χ0v) is 24.5. The molecule has 0 aliphatic carbocycles. The number of nitrogens with zero attached hydrogens (tertiary/aromatic N) is 2. The van der Waals surface area contributed by atoms with E-state index in [1.807, 2.05) is 62.4 Å². The summed E-state index contributed by atoms with van der Waals surface area (Å²) in [6.45, 7) is 10.7. The van der Waals surface area contributed by atoms with Crippen molar-refractivity contribution >= 4 is 34.3 Å². The molecule has 3 atom stereocenters. The summed E-state index contributed by atoms with van der Waals surface area (Å²) in [5, 5.41) is 4.76. The number of carbonyl (C=O) groups excluding carboxylic acids is 4. The monoisotopic (exact) mass is 553 g/mol.